The molecule has 0 unspecified atom stereocenters. The zero-order chi connectivity index (χ0) is 11.8. The van der Waals surface area contributed by atoms with Gasteiger partial charge in [-0.2, -0.15) is 0 Å². The molecule has 0 aliphatic heterocycles. The number of hydrogen-bond acceptors (Lipinski definition) is 2. The number of methoxy groups -OCH3 is 2. The second-order valence-electron chi connectivity index (χ2n) is 4.51. The number of fused-ring (bicyclic) bond motifs is 3. The molecule has 0 amide bonds. The van der Waals surface area contributed by atoms with Crippen molar-refractivity contribution < 1.29 is 9.47 Å². The van der Waals surface area contributed by atoms with Gasteiger partial charge in [0.2, 0.25) is 0 Å². The monoisotopic (exact) mass is 231 g/mol. The summed E-state index contributed by atoms with van der Waals surface area (Å²) in [5.41, 5.74) is 3.92. The largest absolute Gasteiger partial charge is 0.493 e. The first-order valence-electron chi connectivity index (χ1n) is 6.09. The normalized spacial score (nSPS) is 14.7. The standard InChI is InChI=1S/C14H17NO2/c1-16-12-8-7-10-9-5-3-4-6-11(9)15-13(10)14(12)17-2/h7-8,15H,3-6H2,1-2H3. The van der Waals surface area contributed by atoms with E-state index in [1.165, 1.54) is 35.9 Å². The van der Waals surface area contributed by atoms with E-state index in [9.17, 15) is 0 Å². The first-order chi connectivity index (χ1) is 8.35. The molecule has 3 nitrogen and oxygen atoms in total. The first-order valence-corrected chi connectivity index (χ1v) is 6.09. The smallest absolute Gasteiger partial charge is 0.184 e. The van der Waals surface area contributed by atoms with Gasteiger partial charge in [0.25, 0.3) is 0 Å². The van der Waals surface area contributed by atoms with E-state index in [4.69, 9.17) is 9.47 Å². The van der Waals surface area contributed by atoms with Crippen LogP contribution in [-0.4, -0.2) is 19.2 Å². The van der Waals surface area contributed by atoms with Crippen LogP contribution in [0.4, 0.5) is 0 Å². The summed E-state index contributed by atoms with van der Waals surface area (Å²) in [5.74, 6) is 1.61. The van der Waals surface area contributed by atoms with E-state index in [0.717, 1.165) is 23.4 Å². The summed E-state index contributed by atoms with van der Waals surface area (Å²) >= 11 is 0. The maximum atomic E-state index is 5.47. The summed E-state index contributed by atoms with van der Waals surface area (Å²) in [4.78, 5) is 3.51. The number of ether oxygens (including phenoxy) is 2. The SMILES string of the molecule is COc1ccc2c3c([nH]c2c1OC)CCCC3. The molecule has 1 aromatic carbocycles. The van der Waals surface area contributed by atoms with Gasteiger partial charge in [-0.3, -0.25) is 0 Å². The predicted molar refractivity (Wildman–Crippen MR) is 68.0 cm³/mol. The van der Waals surface area contributed by atoms with Gasteiger partial charge in [-0.25, -0.2) is 0 Å². The van der Waals surface area contributed by atoms with Gasteiger partial charge >= 0.3 is 0 Å². The molecular weight excluding hydrogens is 214 g/mol. The van der Waals surface area contributed by atoms with Crippen LogP contribution < -0.4 is 9.47 Å². The molecule has 90 valence electrons. The molecule has 1 aliphatic carbocycles. The van der Waals surface area contributed by atoms with E-state index in [-0.39, 0.29) is 0 Å². The number of rotatable bonds is 2. The molecule has 0 bridgehead atoms. The van der Waals surface area contributed by atoms with Crippen LogP contribution in [0.25, 0.3) is 10.9 Å². The molecule has 1 N–H and O–H groups in total. The average molecular weight is 231 g/mol. The van der Waals surface area contributed by atoms with Crippen molar-refractivity contribution in [2.24, 2.45) is 0 Å². The van der Waals surface area contributed by atoms with E-state index in [2.05, 4.69) is 11.1 Å². The molecule has 1 aliphatic rings. The highest BCUT2D eigenvalue weighted by Crippen LogP contribution is 2.39. The number of aryl methyl sites for hydroxylation is 2. The van der Waals surface area contributed by atoms with Gasteiger partial charge < -0.3 is 14.5 Å². The van der Waals surface area contributed by atoms with Crippen LogP contribution in [0.1, 0.15) is 24.1 Å². The van der Waals surface area contributed by atoms with E-state index >= 15 is 0 Å². The minimum absolute atomic E-state index is 0.790. The lowest BCUT2D eigenvalue weighted by molar-refractivity contribution is 0.358. The third-order valence-corrected chi connectivity index (χ3v) is 3.61. The van der Waals surface area contributed by atoms with E-state index in [1.807, 2.05) is 6.07 Å². The number of nitrogens with one attached hydrogen (secondary N) is 1. The summed E-state index contributed by atoms with van der Waals surface area (Å²) in [6.45, 7) is 0. The quantitative estimate of drug-likeness (QED) is 0.862. The second-order valence-corrected chi connectivity index (χ2v) is 4.51. The van der Waals surface area contributed by atoms with Crippen molar-refractivity contribution in [3.63, 3.8) is 0 Å². The van der Waals surface area contributed by atoms with Crippen molar-refractivity contribution in [1.29, 1.82) is 0 Å². The molecule has 0 atom stereocenters. The molecule has 0 saturated carbocycles. The second kappa shape index (κ2) is 3.99. The van der Waals surface area contributed by atoms with Crippen LogP contribution in [0, 0.1) is 0 Å². The highest BCUT2D eigenvalue weighted by molar-refractivity contribution is 5.92. The Morgan fingerprint density at radius 3 is 2.65 bits per heavy atom. The zero-order valence-electron chi connectivity index (χ0n) is 10.3. The maximum Gasteiger partial charge on any atom is 0.184 e. The lowest BCUT2D eigenvalue weighted by atomic mass is 9.95. The lowest BCUT2D eigenvalue weighted by Gasteiger charge is -2.10. The Balaban J connectivity index is 2.29. The maximum absolute atomic E-state index is 5.47. The van der Waals surface area contributed by atoms with Crippen LogP contribution in [0.15, 0.2) is 12.1 Å². The van der Waals surface area contributed by atoms with Crippen molar-refractivity contribution >= 4 is 10.9 Å². The van der Waals surface area contributed by atoms with Crippen molar-refractivity contribution in [2.45, 2.75) is 25.7 Å². The molecule has 3 heteroatoms. The predicted octanol–water partition coefficient (Wildman–Crippen LogP) is 3.06. The minimum atomic E-state index is 0.790. The van der Waals surface area contributed by atoms with Crippen molar-refractivity contribution in [3.8, 4) is 11.5 Å². The fraction of sp³-hybridized carbons (Fsp3) is 0.429. The summed E-state index contributed by atoms with van der Waals surface area (Å²) in [5, 5.41) is 1.29. The molecule has 0 fully saturated rings. The third kappa shape index (κ3) is 1.49. The van der Waals surface area contributed by atoms with Crippen molar-refractivity contribution in [2.75, 3.05) is 14.2 Å². The van der Waals surface area contributed by atoms with Crippen molar-refractivity contribution in [1.82, 2.24) is 4.98 Å². The molecule has 0 saturated heterocycles. The Kier molecular flexibility index (Phi) is 2.46. The number of H-pyrrole nitrogens is 1. The highest BCUT2D eigenvalue weighted by atomic mass is 16.5. The summed E-state index contributed by atoms with van der Waals surface area (Å²) in [6.07, 6.45) is 4.88. The molecule has 0 spiro atoms. The van der Waals surface area contributed by atoms with Gasteiger partial charge in [0.15, 0.2) is 11.5 Å². The number of aromatic nitrogens is 1. The first kappa shape index (κ1) is 10.5. The molecule has 1 heterocycles. The molecule has 17 heavy (non-hydrogen) atoms. The van der Waals surface area contributed by atoms with E-state index in [0.29, 0.717) is 0 Å². The Morgan fingerprint density at radius 1 is 1.06 bits per heavy atom. The highest BCUT2D eigenvalue weighted by Gasteiger charge is 2.19. The molecule has 3 rings (SSSR count). The number of aromatic amines is 1. The van der Waals surface area contributed by atoms with Crippen molar-refractivity contribution in [3.05, 3.63) is 23.4 Å². The van der Waals surface area contributed by atoms with Gasteiger partial charge in [0.1, 0.15) is 0 Å². The molecule has 0 radical (unpaired) electrons. The fourth-order valence-corrected chi connectivity index (χ4v) is 2.79. The summed E-state index contributed by atoms with van der Waals surface area (Å²) in [6, 6.07) is 4.13. The Hall–Kier alpha value is -1.64. The summed E-state index contributed by atoms with van der Waals surface area (Å²) in [7, 11) is 3.36. The van der Waals surface area contributed by atoms with Gasteiger partial charge in [-0.15, -0.1) is 0 Å². The van der Waals surface area contributed by atoms with Crippen LogP contribution in [-0.2, 0) is 12.8 Å². The Labute approximate surface area is 101 Å². The van der Waals surface area contributed by atoms with Gasteiger partial charge in [0.05, 0.1) is 19.7 Å². The molecular formula is C14H17NO2. The zero-order valence-corrected chi connectivity index (χ0v) is 10.3. The molecule has 1 aromatic heterocycles. The van der Waals surface area contributed by atoms with Gasteiger partial charge in [0, 0.05) is 11.1 Å². The van der Waals surface area contributed by atoms with Gasteiger partial charge in [-0.1, -0.05) is 0 Å². The van der Waals surface area contributed by atoms with Crippen LogP contribution in [0.2, 0.25) is 0 Å². The fourth-order valence-electron chi connectivity index (χ4n) is 2.79. The Morgan fingerprint density at radius 2 is 1.88 bits per heavy atom. The lowest BCUT2D eigenvalue weighted by Crippen LogP contribution is -1.99. The van der Waals surface area contributed by atoms with E-state index < -0.39 is 0 Å². The topological polar surface area (TPSA) is 34.2 Å². The van der Waals surface area contributed by atoms with Crippen LogP contribution in [0.3, 0.4) is 0 Å². The Bertz CT molecular complexity index is 557. The average Bonchev–Trinajstić information content (AvgIpc) is 2.75. The van der Waals surface area contributed by atoms with Gasteiger partial charge in [-0.05, 0) is 43.4 Å². The number of hydrogen-bond donors (Lipinski definition) is 1. The minimum Gasteiger partial charge on any atom is -0.493 e. The number of benzene rings is 1. The van der Waals surface area contributed by atoms with Crippen LogP contribution in [0.5, 0.6) is 11.5 Å². The summed E-state index contributed by atoms with van der Waals surface area (Å²) < 4.78 is 10.8. The molecule has 2 aromatic rings. The van der Waals surface area contributed by atoms with E-state index in [1.54, 1.807) is 14.2 Å². The van der Waals surface area contributed by atoms with Crippen LogP contribution >= 0.6 is 0 Å². The third-order valence-electron chi connectivity index (χ3n) is 3.61.